The van der Waals surface area contributed by atoms with Gasteiger partial charge in [-0.3, -0.25) is 9.48 Å². The van der Waals surface area contributed by atoms with Crippen LogP contribution in [0.3, 0.4) is 0 Å². The van der Waals surface area contributed by atoms with Crippen molar-refractivity contribution in [3.05, 3.63) is 80.4 Å². The average Bonchev–Trinajstić information content (AvgIpc) is 3.40. The molecule has 236 valence electrons. The molecule has 0 radical (unpaired) electrons. The van der Waals surface area contributed by atoms with Gasteiger partial charge in [-0.05, 0) is 41.9 Å². The number of hydrogen-bond acceptors (Lipinski definition) is 7. The van der Waals surface area contributed by atoms with Crippen LogP contribution in [0.2, 0.25) is 51.4 Å². The van der Waals surface area contributed by atoms with Gasteiger partial charge in [-0.25, -0.2) is 14.1 Å². The summed E-state index contributed by atoms with van der Waals surface area (Å²) in [5.41, 5.74) is 0.789. The summed E-state index contributed by atoms with van der Waals surface area (Å²) in [7, 11) is -1.04. The van der Waals surface area contributed by atoms with Gasteiger partial charge in [0, 0.05) is 46.3 Å². The summed E-state index contributed by atoms with van der Waals surface area (Å²) in [5.74, 6) is -1.13. The lowest BCUT2D eigenvalue weighted by molar-refractivity contribution is 0.0746. The number of aromatic nitrogens is 5. The van der Waals surface area contributed by atoms with Gasteiger partial charge in [0.05, 0.1) is 31.5 Å². The molecule has 9 nitrogen and oxygen atoms in total. The predicted molar refractivity (Wildman–Crippen MR) is 181 cm³/mol. The van der Waals surface area contributed by atoms with E-state index in [1.807, 2.05) is 29.2 Å². The van der Waals surface area contributed by atoms with Crippen molar-refractivity contribution >= 4 is 48.5 Å². The van der Waals surface area contributed by atoms with Gasteiger partial charge < -0.3 is 14.4 Å². The molecule has 0 amide bonds. The Morgan fingerprint density at radius 2 is 1.64 bits per heavy atom. The highest BCUT2D eigenvalue weighted by Gasteiger charge is 2.43. The summed E-state index contributed by atoms with van der Waals surface area (Å²) in [6, 6.07) is 7.91. The van der Waals surface area contributed by atoms with E-state index in [1.165, 1.54) is 11.0 Å². The summed E-state index contributed by atoms with van der Waals surface area (Å²) in [6.45, 7) is 14.3. The number of anilines is 1. The molecule has 0 N–H and O–H groups in total. The SMILES string of the molecule is [2H]c1c(F)c([2H])c2c(=O)n(COCC[Si](C)(C)C)nc3c2c1N(COCC[Si](C)(C)C)C(c1ccc(Br)cc1)C3c1ncnn1C. The minimum Gasteiger partial charge on any atom is -0.361 e. The molecule has 0 aliphatic carbocycles. The van der Waals surface area contributed by atoms with Gasteiger partial charge >= 0.3 is 0 Å². The first-order valence-electron chi connectivity index (χ1n) is 15.8. The molecule has 0 bridgehead atoms. The maximum atomic E-state index is 15.9. The fourth-order valence-electron chi connectivity index (χ4n) is 5.34. The Bertz CT molecular complexity index is 1790. The molecule has 2 aromatic heterocycles. The van der Waals surface area contributed by atoms with E-state index in [0.29, 0.717) is 24.7 Å². The van der Waals surface area contributed by atoms with Crippen LogP contribution >= 0.6 is 15.9 Å². The first-order valence-corrected chi connectivity index (χ1v) is 23.0. The summed E-state index contributed by atoms with van der Waals surface area (Å²) in [4.78, 5) is 20.4. The highest BCUT2D eigenvalue weighted by molar-refractivity contribution is 9.10. The van der Waals surface area contributed by atoms with E-state index in [4.69, 9.17) is 17.3 Å². The third-order valence-electron chi connectivity index (χ3n) is 7.79. The number of benzene rings is 2. The minimum atomic E-state index is -1.42. The second-order valence-corrected chi connectivity index (χ2v) is 25.9. The Morgan fingerprint density at radius 3 is 2.23 bits per heavy atom. The molecule has 5 rings (SSSR count). The predicted octanol–water partition coefficient (Wildman–Crippen LogP) is 6.74. The monoisotopic (exact) mass is 702 g/mol. The molecule has 0 saturated carbocycles. The van der Waals surface area contributed by atoms with E-state index in [1.54, 1.807) is 11.7 Å². The topological polar surface area (TPSA) is 87.3 Å². The Hall–Kier alpha value is -2.72. The van der Waals surface area contributed by atoms with Gasteiger partial charge in [-0.2, -0.15) is 10.2 Å². The highest BCUT2D eigenvalue weighted by Crippen LogP contribution is 2.50. The summed E-state index contributed by atoms with van der Waals surface area (Å²) >= 11 is 3.53. The largest absolute Gasteiger partial charge is 0.361 e. The Balaban J connectivity index is 1.77. The van der Waals surface area contributed by atoms with E-state index in [0.717, 1.165) is 22.1 Å². The summed E-state index contributed by atoms with van der Waals surface area (Å²) in [5, 5.41) is 9.33. The maximum absolute atomic E-state index is 15.9. The zero-order chi connectivity index (χ0) is 33.6. The van der Waals surface area contributed by atoms with Crippen molar-refractivity contribution in [1.82, 2.24) is 24.5 Å². The van der Waals surface area contributed by atoms with Gasteiger partial charge in [-0.15, -0.1) is 0 Å². The molecule has 1 aliphatic rings. The number of ether oxygens (including phenoxy) is 2. The number of aryl methyl sites for hydroxylation is 1. The van der Waals surface area contributed by atoms with Crippen molar-refractivity contribution in [2.24, 2.45) is 7.05 Å². The molecule has 0 fully saturated rings. The number of nitrogens with zero attached hydrogens (tertiary/aromatic N) is 6. The zero-order valence-electron chi connectivity index (χ0n) is 28.4. The molecule has 4 aromatic rings. The highest BCUT2D eigenvalue weighted by atomic mass is 79.9. The third kappa shape index (κ3) is 7.22. The second-order valence-electron chi connectivity index (χ2n) is 13.7. The number of halogens is 2. The summed E-state index contributed by atoms with van der Waals surface area (Å²) < 4.78 is 49.5. The van der Waals surface area contributed by atoms with Crippen LogP contribution in [-0.2, 0) is 23.3 Å². The van der Waals surface area contributed by atoms with Crippen LogP contribution in [0.5, 0.6) is 0 Å². The normalized spacial score (nSPS) is 17.7. The molecule has 1 aliphatic heterocycles. The average molecular weight is 704 g/mol. The Labute approximate surface area is 271 Å². The van der Waals surface area contributed by atoms with Crippen molar-refractivity contribution in [1.29, 1.82) is 0 Å². The van der Waals surface area contributed by atoms with Crippen LogP contribution in [-0.4, -0.2) is 60.6 Å². The molecule has 13 heteroatoms. The number of hydrogen-bond donors (Lipinski definition) is 0. The van der Waals surface area contributed by atoms with Crippen molar-refractivity contribution in [3.8, 4) is 0 Å². The third-order valence-corrected chi connectivity index (χ3v) is 11.7. The van der Waals surface area contributed by atoms with Gasteiger partial charge in [0.2, 0.25) is 0 Å². The first kappa shape index (κ1) is 30.0. The molecule has 2 unspecified atom stereocenters. The van der Waals surface area contributed by atoms with Crippen LogP contribution in [0.1, 0.15) is 31.8 Å². The fraction of sp³-hybridized carbons (Fsp3) is 0.484. The van der Waals surface area contributed by atoms with Gasteiger partial charge in [0.1, 0.15) is 31.4 Å². The molecule has 44 heavy (non-hydrogen) atoms. The first-order chi connectivity index (χ1) is 21.6. The van der Waals surface area contributed by atoms with Crippen LogP contribution < -0.4 is 10.5 Å². The van der Waals surface area contributed by atoms with Gasteiger partial charge in [0.25, 0.3) is 5.56 Å². The van der Waals surface area contributed by atoms with Crippen molar-refractivity contribution in [2.75, 3.05) is 24.8 Å². The maximum Gasteiger partial charge on any atom is 0.277 e. The molecular weight excluding hydrogens is 659 g/mol. The van der Waals surface area contributed by atoms with Crippen LogP contribution in [0.25, 0.3) is 10.8 Å². The lowest BCUT2D eigenvalue weighted by atomic mass is 9.82. The van der Waals surface area contributed by atoms with E-state index in [9.17, 15) is 4.79 Å². The fourth-order valence-corrected chi connectivity index (χ4v) is 7.12. The number of rotatable bonds is 12. The standard InChI is InChI=1S/C31H42BrFN6O3Si2/c1-37-30(34-18-35-37)27-28-26-24(31(40)39(36-28)20-42-13-15-44(5,6)7)16-23(33)17-25(26)38(19-41-12-14-43(2,3)4)29(27)21-8-10-22(32)11-9-21/h8-11,16-18,27,29H,12-15,19-20H2,1-7H3/i16D,17D. The van der Waals surface area contributed by atoms with E-state index >= 15 is 4.39 Å². The van der Waals surface area contributed by atoms with Crippen LogP contribution in [0.15, 0.2) is 51.9 Å². The van der Waals surface area contributed by atoms with E-state index in [-0.39, 0.29) is 29.9 Å². The van der Waals surface area contributed by atoms with E-state index < -0.39 is 51.6 Å². The molecule has 3 heterocycles. The molecule has 0 spiro atoms. The van der Waals surface area contributed by atoms with Crippen LogP contribution in [0, 0.1) is 5.82 Å². The van der Waals surface area contributed by atoms with E-state index in [2.05, 4.69) is 65.3 Å². The smallest absolute Gasteiger partial charge is 0.277 e. The van der Waals surface area contributed by atoms with Gasteiger partial charge in [-0.1, -0.05) is 67.3 Å². The Kier molecular flexibility index (Phi) is 8.82. The zero-order valence-corrected chi connectivity index (χ0v) is 30.0. The Morgan fingerprint density at radius 1 is 1.00 bits per heavy atom. The molecular formula is C31H42BrFN6O3Si2. The summed E-state index contributed by atoms with van der Waals surface area (Å²) in [6.07, 6.45) is 1.46. The minimum absolute atomic E-state index is 0.0274. The molecule has 2 aromatic carbocycles. The lowest BCUT2D eigenvalue weighted by Crippen LogP contribution is -2.41. The second kappa shape index (κ2) is 13.0. The van der Waals surface area contributed by atoms with Crippen molar-refractivity contribution < 1.29 is 16.6 Å². The lowest BCUT2D eigenvalue weighted by Gasteiger charge is -2.42. The quantitative estimate of drug-likeness (QED) is 0.119. The molecule has 2 atom stereocenters. The van der Waals surface area contributed by atoms with Crippen LogP contribution in [0.4, 0.5) is 10.1 Å². The molecule has 0 saturated heterocycles. The van der Waals surface area contributed by atoms with Crippen molar-refractivity contribution in [2.45, 2.75) is 70.1 Å². The van der Waals surface area contributed by atoms with Crippen molar-refractivity contribution in [3.63, 3.8) is 0 Å². The van der Waals surface area contributed by atoms with Gasteiger partial charge in [0.15, 0.2) is 0 Å².